The first-order chi connectivity index (χ1) is 15.4. The molecule has 0 aromatic heterocycles. The van der Waals surface area contributed by atoms with E-state index < -0.39 is 23.7 Å². The molecule has 0 saturated heterocycles. The third-order valence-corrected chi connectivity index (χ3v) is 4.46. The molecule has 0 fully saturated rings. The van der Waals surface area contributed by atoms with Crippen LogP contribution < -0.4 is 20.7 Å². The van der Waals surface area contributed by atoms with Gasteiger partial charge in [0, 0.05) is 11.4 Å². The maximum absolute atomic E-state index is 12.4. The van der Waals surface area contributed by atoms with Crippen LogP contribution in [0, 0.1) is 0 Å². The predicted molar refractivity (Wildman–Crippen MR) is 129 cm³/mol. The highest BCUT2D eigenvalue weighted by Crippen LogP contribution is 2.20. The van der Waals surface area contributed by atoms with Gasteiger partial charge in [0.15, 0.2) is 6.10 Å². The molecule has 0 bridgehead atoms. The standard InChI is InChI=1S/C25H33N3O5/c1-16(2)18-7-13-21(14-8-18)32-17(3)23(30)28-20-11-9-19(10-12-20)27-22(29)15-26-24(31)33-25(4,5)6/h7-14,16-17H,15H2,1-6H3,(H,26,31)(H,27,29)(H,28,30). The lowest BCUT2D eigenvalue weighted by molar-refractivity contribution is -0.122. The molecule has 0 aliphatic carbocycles. The molecule has 178 valence electrons. The van der Waals surface area contributed by atoms with Gasteiger partial charge in [-0.05, 0) is 75.6 Å². The van der Waals surface area contributed by atoms with Gasteiger partial charge in [-0.1, -0.05) is 26.0 Å². The van der Waals surface area contributed by atoms with Gasteiger partial charge in [0.2, 0.25) is 5.91 Å². The van der Waals surface area contributed by atoms with E-state index >= 15 is 0 Å². The van der Waals surface area contributed by atoms with Crippen LogP contribution in [-0.4, -0.2) is 36.2 Å². The zero-order valence-electron chi connectivity index (χ0n) is 20.0. The lowest BCUT2D eigenvalue weighted by atomic mass is 10.0. The Bertz CT molecular complexity index is 948. The molecule has 2 rings (SSSR count). The minimum atomic E-state index is -0.687. The second kappa shape index (κ2) is 11.4. The van der Waals surface area contributed by atoms with Crippen molar-refractivity contribution in [1.82, 2.24) is 5.32 Å². The van der Waals surface area contributed by atoms with E-state index in [0.29, 0.717) is 23.0 Å². The summed E-state index contributed by atoms with van der Waals surface area (Å²) in [5, 5.41) is 7.84. The van der Waals surface area contributed by atoms with Crippen molar-refractivity contribution in [2.24, 2.45) is 0 Å². The highest BCUT2D eigenvalue weighted by molar-refractivity contribution is 5.96. The lowest BCUT2D eigenvalue weighted by Gasteiger charge is -2.19. The third kappa shape index (κ3) is 9.22. The first kappa shape index (κ1) is 25.7. The van der Waals surface area contributed by atoms with Crippen molar-refractivity contribution in [1.29, 1.82) is 0 Å². The molecule has 0 radical (unpaired) electrons. The lowest BCUT2D eigenvalue weighted by Crippen LogP contribution is -2.37. The van der Waals surface area contributed by atoms with E-state index in [0.717, 1.165) is 0 Å². The molecule has 2 aromatic carbocycles. The SMILES string of the molecule is CC(Oc1ccc(C(C)C)cc1)C(=O)Nc1ccc(NC(=O)CNC(=O)OC(C)(C)C)cc1. The number of amides is 3. The first-order valence-corrected chi connectivity index (χ1v) is 10.9. The van der Waals surface area contributed by atoms with Crippen molar-refractivity contribution in [2.45, 2.75) is 59.2 Å². The van der Waals surface area contributed by atoms with Crippen LogP contribution in [0.25, 0.3) is 0 Å². The zero-order valence-corrected chi connectivity index (χ0v) is 20.0. The second-order valence-electron chi connectivity index (χ2n) is 8.95. The van der Waals surface area contributed by atoms with E-state index in [-0.39, 0.29) is 12.5 Å². The Morgan fingerprint density at radius 3 is 1.91 bits per heavy atom. The number of carbonyl (C=O) groups excluding carboxylic acids is 3. The second-order valence-corrected chi connectivity index (χ2v) is 8.95. The van der Waals surface area contributed by atoms with Gasteiger partial charge in [-0.15, -0.1) is 0 Å². The van der Waals surface area contributed by atoms with E-state index in [4.69, 9.17) is 9.47 Å². The number of ether oxygens (including phenoxy) is 2. The quantitative estimate of drug-likeness (QED) is 0.536. The molecular weight excluding hydrogens is 422 g/mol. The number of benzene rings is 2. The summed E-state index contributed by atoms with van der Waals surface area (Å²) in [4.78, 5) is 36.1. The van der Waals surface area contributed by atoms with Crippen molar-refractivity contribution >= 4 is 29.3 Å². The maximum Gasteiger partial charge on any atom is 0.408 e. The largest absolute Gasteiger partial charge is 0.481 e. The summed E-state index contributed by atoms with van der Waals surface area (Å²) in [6.07, 6.45) is -1.35. The van der Waals surface area contributed by atoms with Crippen molar-refractivity contribution in [2.75, 3.05) is 17.2 Å². The number of hydrogen-bond donors (Lipinski definition) is 3. The first-order valence-electron chi connectivity index (χ1n) is 10.9. The summed E-state index contributed by atoms with van der Waals surface area (Å²) >= 11 is 0. The highest BCUT2D eigenvalue weighted by Gasteiger charge is 2.17. The molecule has 3 N–H and O–H groups in total. The van der Waals surface area contributed by atoms with Gasteiger partial charge in [0.25, 0.3) is 5.91 Å². The highest BCUT2D eigenvalue weighted by atomic mass is 16.6. The third-order valence-electron chi connectivity index (χ3n) is 4.46. The maximum atomic E-state index is 12.4. The fourth-order valence-electron chi connectivity index (χ4n) is 2.74. The molecule has 8 heteroatoms. The van der Waals surface area contributed by atoms with Crippen LogP contribution in [0.1, 0.15) is 53.0 Å². The summed E-state index contributed by atoms with van der Waals surface area (Å²) in [7, 11) is 0. The Labute approximate surface area is 195 Å². The fourth-order valence-corrected chi connectivity index (χ4v) is 2.74. The minimum Gasteiger partial charge on any atom is -0.481 e. The summed E-state index contributed by atoms with van der Waals surface area (Å²) in [6, 6.07) is 14.3. The van der Waals surface area contributed by atoms with E-state index in [1.807, 2.05) is 24.3 Å². The van der Waals surface area contributed by atoms with E-state index in [2.05, 4.69) is 29.8 Å². The Morgan fingerprint density at radius 2 is 1.39 bits per heavy atom. The molecule has 2 aromatic rings. The molecule has 0 heterocycles. The summed E-state index contributed by atoms with van der Waals surface area (Å²) in [5.74, 6) is 0.360. The van der Waals surface area contributed by atoms with E-state index in [9.17, 15) is 14.4 Å². The Kier molecular flexibility index (Phi) is 8.85. The van der Waals surface area contributed by atoms with Crippen molar-refractivity contribution in [3.63, 3.8) is 0 Å². The van der Waals surface area contributed by atoms with Gasteiger partial charge >= 0.3 is 6.09 Å². The fraction of sp³-hybridized carbons (Fsp3) is 0.400. The van der Waals surface area contributed by atoms with Gasteiger partial charge in [-0.2, -0.15) is 0 Å². The minimum absolute atomic E-state index is 0.222. The Balaban J connectivity index is 1.81. The van der Waals surface area contributed by atoms with Crippen molar-refractivity contribution in [3.05, 3.63) is 54.1 Å². The number of nitrogens with one attached hydrogen (secondary N) is 3. The average Bonchev–Trinajstić information content (AvgIpc) is 2.73. The van der Waals surface area contributed by atoms with Crippen LogP contribution in [0.3, 0.4) is 0 Å². The van der Waals surface area contributed by atoms with Crippen LogP contribution in [0.4, 0.5) is 16.2 Å². The molecule has 1 atom stereocenters. The molecule has 0 aliphatic heterocycles. The van der Waals surface area contributed by atoms with Crippen molar-refractivity contribution < 1.29 is 23.9 Å². The number of anilines is 2. The molecule has 3 amide bonds. The monoisotopic (exact) mass is 455 g/mol. The Morgan fingerprint density at radius 1 is 0.848 bits per heavy atom. The molecule has 8 nitrogen and oxygen atoms in total. The molecular formula is C25H33N3O5. The van der Waals surface area contributed by atoms with Gasteiger partial charge in [-0.3, -0.25) is 9.59 Å². The van der Waals surface area contributed by atoms with Crippen LogP contribution in [0.15, 0.2) is 48.5 Å². The van der Waals surface area contributed by atoms with Crippen LogP contribution >= 0.6 is 0 Å². The smallest absolute Gasteiger partial charge is 0.408 e. The van der Waals surface area contributed by atoms with Gasteiger partial charge < -0.3 is 25.4 Å². The number of hydrogen-bond acceptors (Lipinski definition) is 5. The molecule has 0 spiro atoms. The van der Waals surface area contributed by atoms with Gasteiger partial charge in [0.05, 0.1) is 0 Å². The Hall–Kier alpha value is -3.55. The summed E-state index contributed by atoms with van der Waals surface area (Å²) < 4.78 is 10.8. The van der Waals surface area contributed by atoms with Crippen LogP contribution in [0.5, 0.6) is 5.75 Å². The molecule has 1 unspecified atom stereocenters. The van der Waals surface area contributed by atoms with Gasteiger partial charge in [0.1, 0.15) is 17.9 Å². The van der Waals surface area contributed by atoms with Crippen LogP contribution in [0.2, 0.25) is 0 Å². The normalized spacial score (nSPS) is 12.0. The van der Waals surface area contributed by atoms with Gasteiger partial charge in [-0.25, -0.2) is 4.79 Å². The zero-order chi connectivity index (χ0) is 24.6. The average molecular weight is 456 g/mol. The van der Waals surface area contributed by atoms with E-state index in [1.165, 1.54) is 5.56 Å². The summed E-state index contributed by atoms with van der Waals surface area (Å²) in [6.45, 7) is 10.9. The topological polar surface area (TPSA) is 106 Å². The number of alkyl carbamates (subject to hydrolysis) is 1. The van der Waals surface area contributed by atoms with Crippen molar-refractivity contribution in [3.8, 4) is 5.75 Å². The number of carbonyl (C=O) groups is 3. The van der Waals surface area contributed by atoms with E-state index in [1.54, 1.807) is 52.0 Å². The van der Waals surface area contributed by atoms with Crippen LogP contribution in [-0.2, 0) is 14.3 Å². The molecule has 0 saturated carbocycles. The molecule has 0 aliphatic rings. The predicted octanol–water partition coefficient (Wildman–Crippen LogP) is 4.68. The summed E-state index contributed by atoms with van der Waals surface area (Å²) in [5.41, 5.74) is 1.66. The number of rotatable bonds is 8. The molecule has 33 heavy (non-hydrogen) atoms.